The molecule has 0 saturated carbocycles. The number of nitrogens with zero attached hydrogens (tertiary/aromatic N) is 2. The lowest BCUT2D eigenvalue weighted by Gasteiger charge is -2.40. The molecule has 24 heavy (non-hydrogen) atoms. The zero-order chi connectivity index (χ0) is 17.1. The number of esters is 1. The van der Waals surface area contributed by atoms with Crippen molar-refractivity contribution in [3.63, 3.8) is 0 Å². The summed E-state index contributed by atoms with van der Waals surface area (Å²) in [5.41, 5.74) is 3.14. The largest absolute Gasteiger partial charge is 0.468 e. The molecule has 3 rings (SSSR count). The van der Waals surface area contributed by atoms with Gasteiger partial charge >= 0.3 is 5.97 Å². The van der Waals surface area contributed by atoms with E-state index < -0.39 is 0 Å². The SMILES string of the molecule is COC(=O)C1CSCC(c2ccccc2)N1Cc1c(C)noc1C. The fourth-order valence-corrected chi connectivity index (χ4v) is 4.43. The Balaban J connectivity index is 1.96. The molecule has 1 aliphatic rings. The summed E-state index contributed by atoms with van der Waals surface area (Å²) in [5, 5.41) is 4.05. The number of ether oxygens (including phenoxy) is 1. The quantitative estimate of drug-likeness (QED) is 0.793. The highest BCUT2D eigenvalue weighted by Crippen LogP contribution is 2.35. The van der Waals surface area contributed by atoms with Crippen LogP contribution in [0.3, 0.4) is 0 Å². The third kappa shape index (κ3) is 3.35. The highest BCUT2D eigenvalue weighted by atomic mass is 32.2. The van der Waals surface area contributed by atoms with E-state index in [4.69, 9.17) is 9.26 Å². The number of aromatic nitrogens is 1. The zero-order valence-electron chi connectivity index (χ0n) is 14.2. The minimum Gasteiger partial charge on any atom is -0.468 e. The van der Waals surface area contributed by atoms with Gasteiger partial charge < -0.3 is 9.26 Å². The molecular formula is C18H22N2O3S. The highest BCUT2D eigenvalue weighted by molar-refractivity contribution is 7.99. The fourth-order valence-electron chi connectivity index (χ4n) is 3.13. The van der Waals surface area contributed by atoms with E-state index in [9.17, 15) is 4.79 Å². The summed E-state index contributed by atoms with van der Waals surface area (Å²) < 4.78 is 10.4. The Kier molecular flexibility index (Phi) is 5.26. The smallest absolute Gasteiger partial charge is 0.323 e. The van der Waals surface area contributed by atoms with Crippen LogP contribution < -0.4 is 0 Å². The first-order valence-electron chi connectivity index (χ1n) is 7.99. The molecule has 1 saturated heterocycles. The van der Waals surface area contributed by atoms with E-state index in [1.54, 1.807) is 11.8 Å². The van der Waals surface area contributed by atoms with E-state index >= 15 is 0 Å². The average molecular weight is 346 g/mol. The van der Waals surface area contributed by atoms with Gasteiger partial charge in [0.25, 0.3) is 0 Å². The highest BCUT2D eigenvalue weighted by Gasteiger charge is 2.37. The van der Waals surface area contributed by atoms with Crippen LogP contribution in [0.5, 0.6) is 0 Å². The van der Waals surface area contributed by atoms with Crippen LogP contribution in [0, 0.1) is 13.8 Å². The van der Waals surface area contributed by atoms with Crippen molar-refractivity contribution in [3.8, 4) is 0 Å². The van der Waals surface area contributed by atoms with Gasteiger partial charge in [0.05, 0.1) is 12.8 Å². The molecule has 0 spiro atoms. The second-order valence-electron chi connectivity index (χ2n) is 5.98. The van der Waals surface area contributed by atoms with Gasteiger partial charge in [-0.05, 0) is 19.4 Å². The average Bonchev–Trinajstić information content (AvgIpc) is 2.94. The maximum Gasteiger partial charge on any atom is 0.323 e. The van der Waals surface area contributed by atoms with E-state index in [-0.39, 0.29) is 18.1 Å². The van der Waals surface area contributed by atoms with Gasteiger partial charge in [-0.15, -0.1) is 0 Å². The molecule has 1 aromatic carbocycles. The van der Waals surface area contributed by atoms with Gasteiger partial charge in [-0.25, -0.2) is 0 Å². The first-order valence-corrected chi connectivity index (χ1v) is 9.15. The molecule has 0 N–H and O–H groups in total. The maximum atomic E-state index is 12.3. The Morgan fingerprint density at radius 1 is 1.33 bits per heavy atom. The van der Waals surface area contributed by atoms with Crippen molar-refractivity contribution < 1.29 is 14.1 Å². The Morgan fingerprint density at radius 2 is 2.08 bits per heavy atom. The van der Waals surface area contributed by atoms with Crippen molar-refractivity contribution >= 4 is 17.7 Å². The predicted octanol–water partition coefficient (Wildman–Crippen LogP) is 3.12. The van der Waals surface area contributed by atoms with Crippen LogP contribution >= 0.6 is 11.8 Å². The minimum atomic E-state index is -0.271. The van der Waals surface area contributed by atoms with Crippen LogP contribution in [-0.2, 0) is 16.1 Å². The second kappa shape index (κ2) is 7.40. The summed E-state index contributed by atoms with van der Waals surface area (Å²) >= 11 is 1.79. The molecular weight excluding hydrogens is 324 g/mol. The van der Waals surface area contributed by atoms with E-state index in [2.05, 4.69) is 22.2 Å². The van der Waals surface area contributed by atoms with Crippen molar-refractivity contribution in [2.24, 2.45) is 0 Å². The standard InChI is InChI=1S/C18H22N2O3S/c1-12-15(13(2)23-19-12)9-20-16(14-7-5-4-6-8-14)10-24-11-17(20)18(21)22-3/h4-8,16-17H,9-11H2,1-3H3. The van der Waals surface area contributed by atoms with Gasteiger partial charge in [-0.1, -0.05) is 35.5 Å². The summed E-state index contributed by atoms with van der Waals surface area (Å²) in [6.07, 6.45) is 0. The monoisotopic (exact) mass is 346 g/mol. The lowest BCUT2D eigenvalue weighted by Crippen LogP contribution is -2.49. The van der Waals surface area contributed by atoms with Crippen molar-refractivity contribution in [1.29, 1.82) is 0 Å². The van der Waals surface area contributed by atoms with Crippen molar-refractivity contribution in [3.05, 3.63) is 52.9 Å². The topological polar surface area (TPSA) is 55.6 Å². The normalized spacial score (nSPS) is 21.6. The Bertz CT molecular complexity index is 682. The van der Waals surface area contributed by atoms with Crippen molar-refractivity contribution in [1.82, 2.24) is 10.1 Å². The van der Waals surface area contributed by atoms with Crippen LogP contribution in [-0.4, -0.2) is 40.7 Å². The Morgan fingerprint density at radius 3 is 2.71 bits per heavy atom. The van der Waals surface area contributed by atoms with E-state index in [0.29, 0.717) is 6.54 Å². The number of carbonyl (C=O) groups excluding carboxylic acids is 1. The molecule has 0 amide bonds. The predicted molar refractivity (Wildman–Crippen MR) is 93.8 cm³/mol. The van der Waals surface area contributed by atoms with Crippen LogP contribution in [0.25, 0.3) is 0 Å². The van der Waals surface area contributed by atoms with Gasteiger partial charge in [-0.3, -0.25) is 9.69 Å². The van der Waals surface area contributed by atoms with Gasteiger partial charge in [0.2, 0.25) is 0 Å². The first kappa shape index (κ1) is 17.0. The number of methoxy groups -OCH3 is 1. The molecule has 0 radical (unpaired) electrons. The van der Waals surface area contributed by atoms with Crippen molar-refractivity contribution in [2.75, 3.05) is 18.6 Å². The fraction of sp³-hybridized carbons (Fsp3) is 0.444. The van der Waals surface area contributed by atoms with Crippen molar-refractivity contribution in [2.45, 2.75) is 32.5 Å². The molecule has 2 aromatic rings. The molecule has 2 atom stereocenters. The third-order valence-corrected chi connectivity index (χ3v) is 5.63. The summed E-state index contributed by atoms with van der Waals surface area (Å²) in [5.74, 6) is 2.30. The van der Waals surface area contributed by atoms with Gasteiger partial charge in [-0.2, -0.15) is 11.8 Å². The van der Waals surface area contributed by atoms with Gasteiger partial charge in [0.1, 0.15) is 11.8 Å². The molecule has 1 fully saturated rings. The summed E-state index contributed by atoms with van der Waals surface area (Å²) in [6, 6.07) is 10.2. The molecule has 0 bridgehead atoms. The minimum absolute atomic E-state index is 0.155. The molecule has 2 unspecified atom stereocenters. The summed E-state index contributed by atoms with van der Waals surface area (Å²) in [7, 11) is 1.45. The zero-order valence-corrected chi connectivity index (χ0v) is 15.0. The number of hydrogen-bond acceptors (Lipinski definition) is 6. The first-order chi connectivity index (χ1) is 11.6. The number of rotatable bonds is 4. The number of thioether (sulfide) groups is 1. The van der Waals surface area contributed by atoms with Crippen LogP contribution in [0.15, 0.2) is 34.9 Å². The molecule has 6 heteroatoms. The number of benzene rings is 1. The third-order valence-electron chi connectivity index (χ3n) is 4.53. The van der Waals surface area contributed by atoms with Gasteiger partial charge in [0.15, 0.2) is 0 Å². The molecule has 2 heterocycles. The molecule has 128 valence electrons. The van der Waals surface area contributed by atoms with Crippen LogP contribution in [0.1, 0.15) is 28.6 Å². The number of hydrogen-bond donors (Lipinski definition) is 0. The summed E-state index contributed by atoms with van der Waals surface area (Å²) in [6.45, 7) is 4.48. The van der Waals surface area contributed by atoms with E-state index in [1.807, 2.05) is 32.0 Å². The number of aryl methyl sites for hydroxylation is 2. The molecule has 5 nitrogen and oxygen atoms in total. The van der Waals surface area contributed by atoms with Crippen LogP contribution in [0.4, 0.5) is 0 Å². The van der Waals surface area contributed by atoms with E-state index in [1.165, 1.54) is 12.7 Å². The van der Waals surface area contributed by atoms with Crippen LogP contribution in [0.2, 0.25) is 0 Å². The molecule has 1 aliphatic heterocycles. The lowest BCUT2D eigenvalue weighted by atomic mass is 10.0. The Hall–Kier alpha value is -1.79. The summed E-state index contributed by atoms with van der Waals surface area (Å²) in [4.78, 5) is 14.6. The lowest BCUT2D eigenvalue weighted by molar-refractivity contribution is -0.147. The van der Waals surface area contributed by atoms with E-state index in [0.717, 1.165) is 28.5 Å². The van der Waals surface area contributed by atoms with Gasteiger partial charge in [0, 0.05) is 29.7 Å². The maximum absolute atomic E-state index is 12.3. The number of carbonyl (C=O) groups is 1. The second-order valence-corrected chi connectivity index (χ2v) is 7.05. The Labute approximate surface area is 146 Å². The molecule has 1 aromatic heterocycles. The molecule has 0 aliphatic carbocycles.